The normalized spacial score (nSPS) is 20.6. The Kier molecular flexibility index (Phi) is 9.28. The van der Waals surface area contributed by atoms with Crippen LogP contribution in [0.3, 0.4) is 0 Å². The molecule has 0 radical (unpaired) electrons. The number of hydrogen-bond donors (Lipinski definition) is 2. The Balaban J connectivity index is 2.02. The smallest absolute Gasteiger partial charge is 0.166 e. The average molecular weight is 535 g/mol. The molecule has 0 saturated carbocycles. The van der Waals surface area contributed by atoms with Crippen LogP contribution >= 0.6 is 0 Å². The highest BCUT2D eigenvalue weighted by atomic mass is 19.2. The minimum Gasteiger partial charge on any atom is -0.394 e. The summed E-state index contributed by atoms with van der Waals surface area (Å²) in [4.78, 5) is 4.52. The monoisotopic (exact) mass is 535 g/mol. The zero-order chi connectivity index (χ0) is 29.0. The first kappa shape index (κ1) is 30.0. The number of halogens is 2. The van der Waals surface area contributed by atoms with Crippen molar-refractivity contribution in [2.45, 2.75) is 50.4 Å². The predicted octanol–water partition coefficient (Wildman–Crippen LogP) is 5.09. The largest absolute Gasteiger partial charge is 0.394 e. The number of benzene rings is 2. The molecule has 0 bridgehead atoms. The Bertz CT molecular complexity index is 1310. The number of azide groups is 1. The number of rotatable bonds is 10. The summed E-state index contributed by atoms with van der Waals surface area (Å²) >= 11 is 0. The van der Waals surface area contributed by atoms with Gasteiger partial charge in [-0.1, -0.05) is 49.1 Å². The van der Waals surface area contributed by atoms with Gasteiger partial charge >= 0.3 is 0 Å². The molecule has 1 aliphatic rings. The standard InChI is InChI=1S/C29H36BF2N5O2/c1-6-22-20(15-16-36(4)29(3,39)28(2,30)38)13-14-26(37(5)35-34-33)24(22)18-19-9-7-10-21(17-19)23-11-8-12-25(31)27(23)32/h6-12,15-17,24,26,38-39H,1,13-14,18,30H2,2-5H3/b16-15-. The van der Waals surface area contributed by atoms with E-state index in [-0.39, 0.29) is 17.5 Å². The van der Waals surface area contributed by atoms with Crippen molar-refractivity contribution < 1.29 is 19.0 Å². The molecule has 0 saturated heterocycles. The first-order valence-corrected chi connectivity index (χ1v) is 12.8. The first-order valence-electron chi connectivity index (χ1n) is 12.8. The molecule has 7 nitrogen and oxygen atoms in total. The maximum atomic E-state index is 14.5. The van der Waals surface area contributed by atoms with E-state index in [1.807, 2.05) is 24.3 Å². The van der Waals surface area contributed by atoms with Crippen molar-refractivity contribution in [1.82, 2.24) is 9.91 Å². The van der Waals surface area contributed by atoms with Crippen LogP contribution < -0.4 is 0 Å². The zero-order valence-electron chi connectivity index (χ0n) is 23.1. The molecule has 0 heterocycles. The van der Waals surface area contributed by atoms with Gasteiger partial charge in [0, 0.05) is 24.7 Å². The van der Waals surface area contributed by atoms with Crippen molar-refractivity contribution in [1.29, 1.82) is 0 Å². The summed E-state index contributed by atoms with van der Waals surface area (Å²) in [5, 5.41) is 26.7. The van der Waals surface area contributed by atoms with E-state index in [0.717, 1.165) is 22.8 Å². The van der Waals surface area contributed by atoms with Gasteiger partial charge in [0.15, 0.2) is 17.4 Å². The molecule has 0 fully saturated rings. The van der Waals surface area contributed by atoms with Gasteiger partial charge in [0.2, 0.25) is 0 Å². The van der Waals surface area contributed by atoms with E-state index in [4.69, 9.17) is 5.53 Å². The van der Waals surface area contributed by atoms with Crippen molar-refractivity contribution in [3.8, 4) is 11.1 Å². The van der Waals surface area contributed by atoms with E-state index < -0.39 is 22.9 Å². The molecular weight excluding hydrogens is 499 g/mol. The molecule has 0 aliphatic heterocycles. The van der Waals surface area contributed by atoms with E-state index in [0.29, 0.717) is 24.8 Å². The molecule has 39 heavy (non-hydrogen) atoms. The van der Waals surface area contributed by atoms with Crippen molar-refractivity contribution >= 4 is 7.85 Å². The van der Waals surface area contributed by atoms with E-state index in [1.54, 1.807) is 70.1 Å². The van der Waals surface area contributed by atoms with Gasteiger partial charge in [0.1, 0.15) is 13.9 Å². The molecule has 1 aliphatic carbocycles. The second kappa shape index (κ2) is 12.1. The molecule has 0 spiro atoms. The lowest BCUT2D eigenvalue weighted by Gasteiger charge is -2.42. The fourth-order valence-corrected chi connectivity index (χ4v) is 5.00. The lowest BCUT2D eigenvalue weighted by molar-refractivity contribution is -0.155. The zero-order valence-corrected chi connectivity index (χ0v) is 23.1. The Morgan fingerprint density at radius 2 is 1.90 bits per heavy atom. The number of aliphatic hydroxyl groups is 2. The maximum Gasteiger partial charge on any atom is 0.166 e. The SMILES string of the molecule is BC(C)(O)C(C)(O)N(C)/C=C\C1=C(C=C)C(Cc2cccc(-c3cccc(F)c3F)c2)C(N(C)N=[N+]=[N-])CC1. The van der Waals surface area contributed by atoms with Crippen LogP contribution in [0.15, 0.2) is 83.8 Å². The van der Waals surface area contributed by atoms with E-state index in [9.17, 15) is 19.0 Å². The molecule has 0 amide bonds. The van der Waals surface area contributed by atoms with Crippen molar-refractivity contribution in [2.24, 2.45) is 11.1 Å². The van der Waals surface area contributed by atoms with Crippen LogP contribution in [0.5, 0.6) is 0 Å². The lowest BCUT2D eigenvalue weighted by Crippen LogP contribution is -2.58. The third kappa shape index (κ3) is 6.53. The summed E-state index contributed by atoms with van der Waals surface area (Å²) in [6.07, 6.45) is 7.35. The van der Waals surface area contributed by atoms with E-state index in [2.05, 4.69) is 16.7 Å². The third-order valence-electron chi connectivity index (χ3n) is 7.82. The van der Waals surface area contributed by atoms with Crippen LogP contribution in [0.2, 0.25) is 0 Å². The molecule has 2 aromatic carbocycles. The summed E-state index contributed by atoms with van der Waals surface area (Å²) in [7, 11) is 4.98. The Morgan fingerprint density at radius 1 is 1.21 bits per heavy atom. The minimum absolute atomic E-state index is 0.126. The maximum absolute atomic E-state index is 14.5. The molecular formula is C29H36BF2N5O2. The molecule has 206 valence electrons. The van der Waals surface area contributed by atoms with Crippen molar-refractivity contribution in [3.63, 3.8) is 0 Å². The number of allylic oxidation sites excluding steroid dienone is 3. The first-order chi connectivity index (χ1) is 18.3. The van der Waals surface area contributed by atoms with Crippen LogP contribution in [-0.2, 0) is 6.42 Å². The third-order valence-corrected chi connectivity index (χ3v) is 7.82. The van der Waals surface area contributed by atoms with Gasteiger partial charge in [0.05, 0.1) is 12.5 Å². The summed E-state index contributed by atoms with van der Waals surface area (Å²) in [5.41, 5.74) is 9.83. The summed E-state index contributed by atoms with van der Waals surface area (Å²) in [6.45, 7) is 7.15. The van der Waals surface area contributed by atoms with Crippen LogP contribution in [0.4, 0.5) is 8.78 Å². The predicted molar refractivity (Wildman–Crippen MR) is 153 cm³/mol. The van der Waals surface area contributed by atoms with Crippen LogP contribution in [0.25, 0.3) is 21.6 Å². The van der Waals surface area contributed by atoms with Crippen LogP contribution in [0.1, 0.15) is 32.3 Å². The van der Waals surface area contributed by atoms with E-state index >= 15 is 0 Å². The van der Waals surface area contributed by atoms with Crippen LogP contribution in [-0.4, -0.2) is 59.3 Å². The summed E-state index contributed by atoms with van der Waals surface area (Å²) in [6, 6.07) is 11.3. The van der Waals surface area contributed by atoms with Gasteiger partial charge in [-0.15, -0.1) is 5.53 Å². The van der Waals surface area contributed by atoms with Crippen molar-refractivity contribution in [2.75, 3.05) is 14.1 Å². The molecule has 4 atom stereocenters. The van der Waals surface area contributed by atoms with Crippen molar-refractivity contribution in [3.05, 3.63) is 106 Å². The topological polar surface area (TPSA) is 95.7 Å². The molecule has 4 unspecified atom stereocenters. The highest BCUT2D eigenvalue weighted by Crippen LogP contribution is 2.38. The quantitative estimate of drug-likeness (QED) is 0.111. The van der Waals surface area contributed by atoms with E-state index in [1.165, 1.54) is 6.07 Å². The van der Waals surface area contributed by atoms with Gasteiger partial charge in [-0.3, -0.25) is 0 Å². The Morgan fingerprint density at radius 3 is 2.54 bits per heavy atom. The minimum atomic E-state index is -1.51. The Labute approximate surface area is 229 Å². The summed E-state index contributed by atoms with van der Waals surface area (Å²) in [5.74, 6) is -1.92. The molecule has 0 aromatic heterocycles. The summed E-state index contributed by atoms with van der Waals surface area (Å²) < 4.78 is 28.4. The fourth-order valence-electron chi connectivity index (χ4n) is 5.00. The number of likely N-dealkylation sites (N-methyl/N-ethyl adjacent to an activating group) is 1. The van der Waals surface area contributed by atoms with Gasteiger partial charge in [-0.05, 0) is 72.7 Å². The van der Waals surface area contributed by atoms with Gasteiger partial charge < -0.3 is 15.1 Å². The highest BCUT2D eigenvalue weighted by molar-refractivity contribution is 6.14. The second-order valence-electron chi connectivity index (χ2n) is 10.7. The molecule has 2 N–H and O–H groups in total. The highest BCUT2D eigenvalue weighted by Gasteiger charge is 2.40. The molecule has 10 heteroatoms. The average Bonchev–Trinajstić information content (AvgIpc) is 2.88. The fraction of sp³-hybridized carbons (Fsp3) is 0.379. The molecule has 2 aromatic rings. The number of hydrogen-bond acceptors (Lipinski definition) is 4. The van der Waals surface area contributed by atoms with Gasteiger partial charge in [-0.2, -0.15) is 4.91 Å². The second-order valence-corrected chi connectivity index (χ2v) is 10.7. The number of nitrogens with zero attached hydrogens (tertiary/aromatic N) is 5. The van der Waals surface area contributed by atoms with Crippen LogP contribution in [0, 0.1) is 17.6 Å². The Hall–Kier alpha value is -3.59. The van der Waals surface area contributed by atoms with Gasteiger partial charge in [0.25, 0.3) is 0 Å². The van der Waals surface area contributed by atoms with Gasteiger partial charge in [-0.25, -0.2) is 13.8 Å². The molecule has 3 rings (SSSR count). The lowest BCUT2D eigenvalue weighted by atomic mass is 9.74.